The van der Waals surface area contributed by atoms with Crippen molar-refractivity contribution in [1.82, 2.24) is 29.4 Å². The van der Waals surface area contributed by atoms with Crippen molar-refractivity contribution in [3.05, 3.63) is 29.8 Å². The van der Waals surface area contributed by atoms with Crippen LogP contribution in [0.15, 0.2) is 18.5 Å². The quantitative estimate of drug-likeness (QED) is 0.547. The molecule has 25 heavy (non-hydrogen) atoms. The van der Waals surface area contributed by atoms with Crippen LogP contribution in [0.5, 0.6) is 0 Å². The molecule has 0 aliphatic heterocycles. The lowest BCUT2D eigenvalue weighted by Gasteiger charge is -1.98. The second-order valence-electron chi connectivity index (χ2n) is 5.37. The Kier molecular flexibility index (Phi) is 3.25. The Morgan fingerprint density at radius 2 is 2.16 bits per heavy atom. The number of carbonyl (C=O) groups excluding carboxylic acids is 1. The Bertz CT molecular complexity index is 1160. The van der Waals surface area contributed by atoms with Gasteiger partial charge in [-0.25, -0.2) is 19.2 Å². The van der Waals surface area contributed by atoms with Crippen LogP contribution in [0.2, 0.25) is 0 Å². The first kappa shape index (κ1) is 15.2. The van der Waals surface area contributed by atoms with Crippen LogP contribution in [-0.4, -0.2) is 46.3 Å². The average molecular weight is 357 g/mol. The van der Waals surface area contributed by atoms with E-state index in [4.69, 9.17) is 10.8 Å². The van der Waals surface area contributed by atoms with Crippen molar-refractivity contribution in [2.24, 2.45) is 5.73 Å². The number of thiazole rings is 1. The molecule has 11 heteroatoms. The molecule has 0 aromatic carbocycles. The van der Waals surface area contributed by atoms with E-state index in [2.05, 4.69) is 20.2 Å². The van der Waals surface area contributed by atoms with Crippen LogP contribution in [0.3, 0.4) is 0 Å². The monoisotopic (exact) mass is 357 g/mol. The maximum absolute atomic E-state index is 11.6. The minimum atomic E-state index is -1.09. The molecule has 4 aromatic heterocycles. The summed E-state index contributed by atoms with van der Waals surface area (Å²) in [5.74, 6) is -1.83. The van der Waals surface area contributed by atoms with Gasteiger partial charge in [0.05, 0.1) is 5.69 Å². The molecule has 0 saturated heterocycles. The first-order valence-electron chi connectivity index (χ1n) is 7.13. The van der Waals surface area contributed by atoms with Crippen LogP contribution in [-0.2, 0) is 11.3 Å². The number of fused-ring (bicyclic) bond motifs is 2. The normalized spacial score (nSPS) is 11.4. The van der Waals surface area contributed by atoms with E-state index in [-0.39, 0.29) is 5.69 Å². The lowest BCUT2D eigenvalue weighted by atomic mass is 10.3. The Morgan fingerprint density at radius 1 is 1.36 bits per heavy atom. The molecule has 0 saturated carbocycles. The predicted octanol–water partition coefficient (Wildman–Crippen LogP) is 0.694. The number of carboxylic acids is 1. The molecule has 0 bridgehead atoms. The predicted molar refractivity (Wildman–Crippen MR) is 88.3 cm³/mol. The van der Waals surface area contributed by atoms with Gasteiger partial charge in [0.25, 0.3) is 5.91 Å². The number of hydrogen-bond donors (Lipinski definition) is 2. The van der Waals surface area contributed by atoms with Crippen LogP contribution in [0.25, 0.3) is 26.6 Å². The molecule has 4 rings (SSSR count). The van der Waals surface area contributed by atoms with Crippen LogP contribution in [0.4, 0.5) is 0 Å². The first-order valence-corrected chi connectivity index (χ1v) is 7.95. The molecule has 0 aliphatic rings. The number of aliphatic carboxylic acids is 1. The standard InChI is InChI=1S/C14H11N7O3S/c1-6-2-8-16-3-7(4-20(8)18-6)14-17-13-11(25-14)10(12(15)24)19-21(13)5-9(22)23/h2-4H,5H2,1H3,(H2,15,24)(H,22,23). The molecule has 0 spiro atoms. The summed E-state index contributed by atoms with van der Waals surface area (Å²) in [6.45, 7) is 1.45. The van der Waals surface area contributed by atoms with Crippen molar-refractivity contribution >= 4 is 39.2 Å². The highest BCUT2D eigenvalue weighted by molar-refractivity contribution is 7.22. The van der Waals surface area contributed by atoms with Crippen LogP contribution in [0, 0.1) is 6.92 Å². The molecule has 4 heterocycles. The second-order valence-corrected chi connectivity index (χ2v) is 6.37. The molecule has 1 amide bonds. The summed E-state index contributed by atoms with van der Waals surface area (Å²) in [7, 11) is 0. The van der Waals surface area contributed by atoms with E-state index in [0.29, 0.717) is 26.6 Å². The van der Waals surface area contributed by atoms with Crippen molar-refractivity contribution in [3.63, 3.8) is 0 Å². The van der Waals surface area contributed by atoms with E-state index in [0.717, 1.165) is 10.4 Å². The summed E-state index contributed by atoms with van der Waals surface area (Å²) >= 11 is 1.20. The van der Waals surface area contributed by atoms with Crippen molar-refractivity contribution < 1.29 is 14.7 Å². The lowest BCUT2D eigenvalue weighted by molar-refractivity contribution is -0.137. The third-order valence-electron chi connectivity index (χ3n) is 3.49. The summed E-state index contributed by atoms with van der Waals surface area (Å²) in [5.41, 5.74) is 7.87. The topological polar surface area (TPSA) is 141 Å². The maximum Gasteiger partial charge on any atom is 0.325 e. The molecule has 0 radical (unpaired) electrons. The summed E-state index contributed by atoms with van der Waals surface area (Å²) in [6.07, 6.45) is 3.42. The summed E-state index contributed by atoms with van der Waals surface area (Å²) in [6, 6.07) is 1.85. The number of aryl methyl sites for hydroxylation is 1. The maximum atomic E-state index is 11.6. The molecule has 0 aliphatic carbocycles. The Labute approximate surface area is 143 Å². The smallest absolute Gasteiger partial charge is 0.325 e. The number of nitrogens with zero attached hydrogens (tertiary/aromatic N) is 6. The SMILES string of the molecule is Cc1cc2ncc(-c3nc4c(s3)c(C(N)=O)nn4CC(=O)O)cn2n1. The summed E-state index contributed by atoms with van der Waals surface area (Å²) in [4.78, 5) is 31.3. The molecule has 126 valence electrons. The van der Waals surface area contributed by atoms with Gasteiger partial charge in [-0.3, -0.25) is 9.59 Å². The number of carboxylic acid groups (broad SMARTS) is 1. The van der Waals surface area contributed by atoms with Gasteiger partial charge in [0.2, 0.25) is 0 Å². The Hall–Kier alpha value is -3.34. The minimum absolute atomic E-state index is 0.00368. The van der Waals surface area contributed by atoms with Gasteiger partial charge in [-0.1, -0.05) is 0 Å². The third kappa shape index (κ3) is 2.50. The largest absolute Gasteiger partial charge is 0.480 e. The summed E-state index contributed by atoms with van der Waals surface area (Å²) < 4.78 is 3.23. The van der Waals surface area contributed by atoms with E-state index in [9.17, 15) is 9.59 Å². The van der Waals surface area contributed by atoms with Gasteiger partial charge >= 0.3 is 5.97 Å². The van der Waals surface area contributed by atoms with E-state index >= 15 is 0 Å². The molecule has 0 fully saturated rings. The van der Waals surface area contributed by atoms with Gasteiger partial charge in [-0.2, -0.15) is 10.2 Å². The fraction of sp³-hybridized carbons (Fsp3) is 0.143. The van der Waals surface area contributed by atoms with Crippen molar-refractivity contribution in [1.29, 1.82) is 0 Å². The van der Waals surface area contributed by atoms with E-state index in [1.165, 1.54) is 11.3 Å². The van der Waals surface area contributed by atoms with E-state index in [1.54, 1.807) is 16.9 Å². The number of carbonyl (C=O) groups is 2. The molecule has 0 atom stereocenters. The number of hydrogen-bond acceptors (Lipinski definition) is 7. The van der Waals surface area contributed by atoms with E-state index in [1.807, 2.05) is 13.0 Å². The zero-order chi connectivity index (χ0) is 17.7. The van der Waals surface area contributed by atoms with Crippen molar-refractivity contribution in [2.75, 3.05) is 0 Å². The highest BCUT2D eigenvalue weighted by Gasteiger charge is 2.21. The minimum Gasteiger partial charge on any atom is -0.480 e. The second kappa shape index (κ2) is 5.34. The molecule has 0 unspecified atom stereocenters. The molecule has 10 nitrogen and oxygen atoms in total. The average Bonchev–Trinajstić information content (AvgIpc) is 3.18. The van der Waals surface area contributed by atoms with Gasteiger partial charge in [0, 0.05) is 24.0 Å². The molecule has 4 aromatic rings. The van der Waals surface area contributed by atoms with Crippen LogP contribution >= 0.6 is 11.3 Å². The third-order valence-corrected chi connectivity index (χ3v) is 4.59. The van der Waals surface area contributed by atoms with Gasteiger partial charge in [0.1, 0.15) is 16.3 Å². The highest BCUT2D eigenvalue weighted by Crippen LogP contribution is 2.32. The number of primary amides is 1. The molecule has 3 N–H and O–H groups in total. The Balaban J connectivity index is 1.89. The van der Waals surface area contributed by atoms with Gasteiger partial charge in [0.15, 0.2) is 17.0 Å². The number of amides is 1. The van der Waals surface area contributed by atoms with E-state index < -0.39 is 18.4 Å². The van der Waals surface area contributed by atoms with Crippen LogP contribution < -0.4 is 5.73 Å². The fourth-order valence-corrected chi connectivity index (χ4v) is 3.51. The molecular formula is C14H11N7O3S. The van der Waals surface area contributed by atoms with Crippen molar-refractivity contribution in [3.8, 4) is 10.6 Å². The summed E-state index contributed by atoms with van der Waals surface area (Å²) in [5, 5.41) is 17.8. The number of nitrogens with two attached hydrogens (primary N) is 1. The number of aromatic nitrogens is 6. The highest BCUT2D eigenvalue weighted by atomic mass is 32.1. The van der Waals surface area contributed by atoms with Crippen LogP contribution in [0.1, 0.15) is 16.2 Å². The zero-order valence-electron chi connectivity index (χ0n) is 12.9. The van der Waals surface area contributed by atoms with Crippen molar-refractivity contribution in [2.45, 2.75) is 13.5 Å². The molecular weight excluding hydrogens is 346 g/mol. The van der Waals surface area contributed by atoms with Gasteiger partial charge in [-0.15, -0.1) is 11.3 Å². The Morgan fingerprint density at radius 3 is 2.88 bits per heavy atom. The fourth-order valence-electron chi connectivity index (χ4n) is 2.48. The zero-order valence-corrected chi connectivity index (χ0v) is 13.7. The lowest BCUT2D eigenvalue weighted by Crippen LogP contribution is -2.15. The number of rotatable bonds is 4. The first-order chi connectivity index (χ1) is 11.9. The van der Waals surface area contributed by atoms with Gasteiger partial charge in [-0.05, 0) is 6.92 Å². The van der Waals surface area contributed by atoms with Gasteiger partial charge < -0.3 is 10.8 Å².